The van der Waals surface area contributed by atoms with Gasteiger partial charge in [-0.1, -0.05) is 6.08 Å². The zero-order valence-corrected chi connectivity index (χ0v) is 16.2. The average molecular weight is 403 g/mol. The Hall–Kier alpha value is -3.19. The summed E-state index contributed by atoms with van der Waals surface area (Å²) in [5.41, 5.74) is 0.209. The number of rotatable bonds is 6. The number of allylic oxidation sites excluding steroid dienone is 1. The number of nitrogens with one attached hydrogen (secondary N) is 1. The summed E-state index contributed by atoms with van der Waals surface area (Å²) in [6.45, 7) is 2.73. The highest BCUT2D eigenvalue weighted by atomic mass is 19.1. The van der Waals surface area contributed by atoms with Gasteiger partial charge in [-0.05, 0) is 19.4 Å². The topological polar surface area (TPSA) is 111 Å². The number of hydrogen-bond donors (Lipinski definition) is 1. The van der Waals surface area contributed by atoms with E-state index in [0.29, 0.717) is 19.6 Å². The van der Waals surface area contributed by atoms with Crippen molar-refractivity contribution in [1.82, 2.24) is 9.78 Å². The third-order valence-electron chi connectivity index (χ3n) is 4.55. The monoisotopic (exact) mass is 403 g/mol. The molecule has 3 atom stereocenters. The van der Waals surface area contributed by atoms with Gasteiger partial charge >= 0.3 is 5.97 Å². The van der Waals surface area contributed by atoms with Gasteiger partial charge in [0.2, 0.25) is 11.8 Å². The highest BCUT2D eigenvalue weighted by Crippen LogP contribution is 2.28. The molecule has 2 aliphatic heterocycles. The van der Waals surface area contributed by atoms with Gasteiger partial charge in [0.25, 0.3) is 0 Å². The number of ether oxygens (including phenoxy) is 3. The highest BCUT2D eigenvalue weighted by molar-refractivity contribution is 5.94. The van der Waals surface area contributed by atoms with Crippen molar-refractivity contribution in [2.45, 2.75) is 25.4 Å². The molecule has 0 amide bonds. The molecule has 1 aromatic rings. The first kappa shape index (κ1) is 20.5. The molecule has 3 heterocycles. The summed E-state index contributed by atoms with van der Waals surface area (Å²) < 4.78 is 30.8. The maximum atomic E-state index is 13.6. The van der Waals surface area contributed by atoms with Crippen molar-refractivity contribution >= 4 is 17.8 Å². The fourth-order valence-electron chi connectivity index (χ4n) is 3.09. The molecule has 1 fully saturated rings. The zero-order chi connectivity index (χ0) is 20.8. The molecule has 10 heteroatoms. The molecule has 1 saturated heterocycles. The Morgan fingerprint density at radius 3 is 3.10 bits per heavy atom. The van der Waals surface area contributed by atoms with E-state index < -0.39 is 18.0 Å². The van der Waals surface area contributed by atoms with E-state index in [1.807, 2.05) is 0 Å². The van der Waals surface area contributed by atoms with Gasteiger partial charge in [0, 0.05) is 18.9 Å². The Balaban J connectivity index is 1.92. The average Bonchev–Trinajstić information content (AvgIpc) is 3.06. The number of nitrogens with zero attached hydrogens (tertiary/aromatic N) is 4. The molecule has 29 heavy (non-hydrogen) atoms. The first-order valence-electron chi connectivity index (χ1n) is 9.24. The minimum absolute atomic E-state index is 0.0901. The molecule has 1 N–H and O–H groups in total. The van der Waals surface area contributed by atoms with Crippen LogP contribution in [0.4, 0.5) is 10.2 Å². The van der Waals surface area contributed by atoms with Gasteiger partial charge in [-0.25, -0.2) is 4.79 Å². The van der Waals surface area contributed by atoms with Gasteiger partial charge in [0.05, 0.1) is 44.4 Å². The SMILES string of the molecule is CCOC(=O)c1cn(C2COCCC2C#N)nc1NC1C=CC(F)=NC(OC)=C1. The summed E-state index contributed by atoms with van der Waals surface area (Å²) in [7, 11) is 1.38. The Labute approximate surface area is 167 Å². The van der Waals surface area contributed by atoms with E-state index in [1.165, 1.54) is 19.3 Å². The van der Waals surface area contributed by atoms with Crippen molar-refractivity contribution in [3.63, 3.8) is 0 Å². The van der Waals surface area contributed by atoms with Crippen LogP contribution >= 0.6 is 0 Å². The van der Waals surface area contributed by atoms with Crippen LogP contribution in [-0.2, 0) is 14.2 Å². The van der Waals surface area contributed by atoms with Crippen LogP contribution in [0.1, 0.15) is 29.7 Å². The molecule has 0 aliphatic carbocycles. The summed E-state index contributed by atoms with van der Waals surface area (Å²) in [4.78, 5) is 16.1. The molecule has 0 aromatic carbocycles. The van der Waals surface area contributed by atoms with Crippen LogP contribution in [-0.4, -0.2) is 54.7 Å². The van der Waals surface area contributed by atoms with Gasteiger partial charge < -0.3 is 19.5 Å². The van der Waals surface area contributed by atoms with E-state index in [2.05, 4.69) is 21.5 Å². The fraction of sp³-hybridized carbons (Fsp3) is 0.474. The number of hydrogen-bond acceptors (Lipinski definition) is 8. The number of esters is 1. The van der Waals surface area contributed by atoms with E-state index in [-0.39, 0.29) is 35.8 Å². The highest BCUT2D eigenvalue weighted by Gasteiger charge is 2.30. The van der Waals surface area contributed by atoms with Crippen LogP contribution in [0.25, 0.3) is 0 Å². The molecular weight excluding hydrogens is 381 g/mol. The number of carbonyl (C=O) groups excluding carboxylic acids is 1. The Morgan fingerprint density at radius 2 is 2.38 bits per heavy atom. The molecule has 1 aromatic heterocycles. The van der Waals surface area contributed by atoms with Crippen molar-refractivity contribution in [3.8, 4) is 6.07 Å². The quantitative estimate of drug-likeness (QED) is 0.726. The largest absolute Gasteiger partial charge is 0.481 e. The van der Waals surface area contributed by atoms with Gasteiger partial charge in [-0.15, -0.1) is 0 Å². The van der Waals surface area contributed by atoms with E-state index in [1.54, 1.807) is 23.9 Å². The molecule has 3 unspecified atom stereocenters. The molecule has 9 nitrogen and oxygen atoms in total. The second-order valence-corrected chi connectivity index (χ2v) is 6.43. The number of aromatic nitrogens is 2. The number of nitriles is 1. The number of halogens is 1. The predicted octanol–water partition coefficient (Wildman–Crippen LogP) is 2.37. The number of carbonyl (C=O) groups is 1. The fourth-order valence-corrected chi connectivity index (χ4v) is 3.09. The van der Waals surface area contributed by atoms with E-state index in [9.17, 15) is 14.4 Å². The maximum absolute atomic E-state index is 13.6. The Kier molecular flexibility index (Phi) is 6.61. The summed E-state index contributed by atoms with van der Waals surface area (Å²) in [6, 6.07) is 1.41. The first-order valence-corrected chi connectivity index (χ1v) is 9.24. The summed E-state index contributed by atoms with van der Waals surface area (Å²) in [5, 5.41) is 17.0. The Morgan fingerprint density at radius 1 is 1.55 bits per heavy atom. The van der Waals surface area contributed by atoms with E-state index in [4.69, 9.17) is 14.2 Å². The van der Waals surface area contributed by atoms with Crippen molar-refractivity contribution in [1.29, 1.82) is 5.26 Å². The van der Waals surface area contributed by atoms with Crippen LogP contribution in [0.2, 0.25) is 0 Å². The lowest BCUT2D eigenvalue weighted by Crippen LogP contribution is -2.29. The van der Waals surface area contributed by atoms with Gasteiger partial charge in [0.15, 0.2) is 5.82 Å². The smallest absolute Gasteiger partial charge is 0.343 e. The second kappa shape index (κ2) is 9.34. The molecule has 0 saturated carbocycles. The number of anilines is 1. The standard InChI is InChI=1S/C19H22FN5O4/c1-3-29-19(26)14-10-25(15-11-28-7-6-12(15)9-21)24-18(14)22-13-4-5-16(20)23-17(8-13)27-2/h4-5,8,10,12-13,15H,3,6-7,11H2,1-2H3,(H,22,24). The van der Waals surface area contributed by atoms with Gasteiger partial charge in [-0.2, -0.15) is 19.7 Å². The van der Waals surface area contributed by atoms with Crippen molar-refractivity contribution in [3.05, 3.63) is 35.9 Å². The number of aliphatic imine (C=N–C) groups is 1. The minimum atomic E-state index is -0.699. The van der Waals surface area contributed by atoms with Crippen molar-refractivity contribution in [2.24, 2.45) is 10.9 Å². The van der Waals surface area contributed by atoms with Gasteiger partial charge in [-0.3, -0.25) is 4.68 Å². The maximum Gasteiger partial charge on any atom is 0.343 e. The van der Waals surface area contributed by atoms with Crippen LogP contribution in [0.15, 0.2) is 35.3 Å². The second-order valence-electron chi connectivity index (χ2n) is 6.43. The molecule has 0 bridgehead atoms. The lowest BCUT2D eigenvalue weighted by atomic mass is 9.97. The van der Waals surface area contributed by atoms with Crippen LogP contribution < -0.4 is 5.32 Å². The molecule has 2 aliphatic rings. The van der Waals surface area contributed by atoms with Crippen molar-refractivity contribution < 1.29 is 23.4 Å². The van der Waals surface area contributed by atoms with Crippen molar-refractivity contribution in [2.75, 3.05) is 32.2 Å². The number of methoxy groups -OCH3 is 1. The lowest BCUT2D eigenvalue weighted by Gasteiger charge is -2.27. The van der Waals surface area contributed by atoms with Crippen LogP contribution in [0.3, 0.4) is 0 Å². The summed E-state index contributed by atoms with van der Waals surface area (Å²) >= 11 is 0. The van der Waals surface area contributed by atoms with Crippen LogP contribution in [0.5, 0.6) is 0 Å². The van der Waals surface area contributed by atoms with Crippen LogP contribution in [0, 0.1) is 17.2 Å². The molecular formula is C19H22FN5O4. The van der Waals surface area contributed by atoms with E-state index in [0.717, 1.165) is 0 Å². The third kappa shape index (κ3) is 4.81. The lowest BCUT2D eigenvalue weighted by molar-refractivity contribution is 0.0340. The van der Waals surface area contributed by atoms with E-state index >= 15 is 0 Å². The summed E-state index contributed by atoms with van der Waals surface area (Å²) in [5.74, 6) is -1.20. The molecule has 154 valence electrons. The molecule has 3 rings (SSSR count). The van der Waals surface area contributed by atoms with Gasteiger partial charge in [0.1, 0.15) is 5.56 Å². The molecule has 0 spiro atoms. The normalized spacial score (nSPS) is 24.0. The molecule has 0 radical (unpaired) electrons. The first-order chi connectivity index (χ1) is 14.0. The zero-order valence-electron chi connectivity index (χ0n) is 16.2. The summed E-state index contributed by atoms with van der Waals surface area (Å²) in [6.07, 6.45) is 6.41. The predicted molar refractivity (Wildman–Crippen MR) is 102 cm³/mol. The Bertz CT molecular complexity index is 886. The minimum Gasteiger partial charge on any atom is -0.481 e. The third-order valence-corrected chi connectivity index (χ3v) is 4.55.